The number of aromatic nitrogens is 3. The molecule has 0 bridgehead atoms. The van der Waals surface area contributed by atoms with E-state index >= 15 is 0 Å². The fraction of sp³-hybridized carbons (Fsp3) is 0.429. The van der Waals surface area contributed by atoms with Crippen molar-refractivity contribution in [2.45, 2.75) is 26.3 Å². The van der Waals surface area contributed by atoms with Gasteiger partial charge in [-0.05, 0) is 18.4 Å². The molecule has 5 N–H and O–H groups in total. The maximum atomic E-state index is 12.2. The van der Waals surface area contributed by atoms with Gasteiger partial charge in [-0.2, -0.15) is 0 Å². The van der Waals surface area contributed by atoms with Gasteiger partial charge in [0, 0.05) is 18.8 Å². The van der Waals surface area contributed by atoms with Crippen molar-refractivity contribution in [3.63, 3.8) is 0 Å². The smallest absolute Gasteiger partial charge is 0.327 e. The van der Waals surface area contributed by atoms with E-state index in [0.29, 0.717) is 12.5 Å². The fourth-order valence-electron chi connectivity index (χ4n) is 2.22. The normalized spacial score (nSPS) is 12.5. The van der Waals surface area contributed by atoms with Gasteiger partial charge in [-0.25, -0.2) is 9.78 Å². The zero-order valence-electron chi connectivity index (χ0n) is 12.5. The van der Waals surface area contributed by atoms with Crippen LogP contribution < -0.4 is 22.3 Å². The maximum absolute atomic E-state index is 12.2. The predicted octanol–water partition coefficient (Wildman–Crippen LogP) is -0.285. The highest BCUT2D eigenvalue weighted by Gasteiger charge is 2.15. The number of aromatic amines is 2. The standard InChI is InChI=1S/C14H19N5O3/c1-7(2)3-9(5-15)17-12(20)8-4-10-11(16-6-8)18-14(22)19-13(10)21/h4,6-7,9H,3,5,15H2,1-2H3,(H,17,20)(H2,16,18,19,21,22). The zero-order chi connectivity index (χ0) is 16.3. The van der Waals surface area contributed by atoms with Crippen molar-refractivity contribution in [1.82, 2.24) is 20.3 Å². The lowest BCUT2D eigenvalue weighted by molar-refractivity contribution is 0.0933. The number of carbonyl (C=O) groups is 1. The van der Waals surface area contributed by atoms with Crippen molar-refractivity contribution in [3.8, 4) is 0 Å². The second-order valence-electron chi connectivity index (χ2n) is 5.56. The summed E-state index contributed by atoms with van der Waals surface area (Å²) in [7, 11) is 0. The molecule has 0 fully saturated rings. The van der Waals surface area contributed by atoms with E-state index < -0.39 is 11.2 Å². The number of hydrogen-bond donors (Lipinski definition) is 4. The third kappa shape index (κ3) is 3.59. The lowest BCUT2D eigenvalue weighted by Gasteiger charge is -2.18. The maximum Gasteiger partial charge on any atom is 0.327 e. The number of fused-ring (bicyclic) bond motifs is 1. The Morgan fingerprint density at radius 2 is 2.09 bits per heavy atom. The summed E-state index contributed by atoms with van der Waals surface area (Å²) >= 11 is 0. The summed E-state index contributed by atoms with van der Waals surface area (Å²) in [6.07, 6.45) is 2.08. The molecule has 0 aliphatic rings. The monoisotopic (exact) mass is 305 g/mol. The molecule has 2 rings (SSSR count). The van der Waals surface area contributed by atoms with E-state index in [4.69, 9.17) is 5.73 Å². The Labute approximate surface area is 126 Å². The van der Waals surface area contributed by atoms with Gasteiger partial charge >= 0.3 is 5.69 Å². The van der Waals surface area contributed by atoms with Crippen LogP contribution in [0.25, 0.3) is 11.0 Å². The Hall–Kier alpha value is -2.48. The number of nitrogens with zero attached hydrogens (tertiary/aromatic N) is 1. The van der Waals surface area contributed by atoms with Crippen LogP contribution in [0, 0.1) is 5.92 Å². The molecule has 8 nitrogen and oxygen atoms in total. The first-order chi connectivity index (χ1) is 10.4. The van der Waals surface area contributed by atoms with Crippen LogP contribution in [0.5, 0.6) is 0 Å². The van der Waals surface area contributed by atoms with Crippen LogP contribution in [0.3, 0.4) is 0 Å². The van der Waals surface area contributed by atoms with Gasteiger partial charge in [0.2, 0.25) is 0 Å². The van der Waals surface area contributed by atoms with Crippen molar-refractivity contribution in [3.05, 3.63) is 38.7 Å². The third-order valence-electron chi connectivity index (χ3n) is 3.23. The van der Waals surface area contributed by atoms with E-state index in [-0.39, 0.29) is 28.5 Å². The predicted molar refractivity (Wildman–Crippen MR) is 82.7 cm³/mol. The van der Waals surface area contributed by atoms with Gasteiger partial charge in [0.25, 0.3) is 11.5 Å². The first kappa shape index (κ1) is 15.9. The molecule has 0 spiro atoms. The number of amides is 1. The molecular weight excluding hydrogens is 286 g/mol. The molecule has 118 valence electrons. The van der Waals surface area contributed by atoms with Crippen LogP contribution in [0.1, 0.15) is 30.6 Å². The fourth-order valence-corrected chi connectivity index (χ4v) is 2.22. The largest absolute Gasteiger partial charge is 0.348 e. The molecule has 1 atom stereocenters. The van der Waals surface area contributed by atoms with Gasteiger partial charge in [0.15, 0.2) is 0 Å². The summed E-state index contributed by atoms with van der Waals surface area (Å²) in [4.78, 5) is 43.6. The van der Waals surface area contributed by atoms with Crippen LogP contribution in [0.2, 0.25) is 0 Å². The number of nitrogens with one attached hydrogen (secondary N) is 3. The highest BCUT2D eigenvalue weighted by molar-refractivity contribution is 5.96. The molecule has 2 heterocycles. The van der Waals surface area contributed by atoms with Crippen LogP contribution >= 0.6 is 0 Å². The van der Waals surface area contributed by atoms with Crippen molar-refractivity contribution >= 4 is 16.9 Å². The zero-order valence-corrected chi connectivity index (χ0v) is 12.5. The second-order valence-corrected chi connectivity index (χ2v) is 5.56. The first-order valence-corrected chi connectivity index (χ1v) is 7.04. The number of carbonyl (C=O) groups excluding carboxylic acids is 1. The Bertz CT molecular complexity index is 793. The van der Waals surface area contributed by atoms with Crippen LogP contribution in [-0.4, -0.2) is 33.4 Å². The minimum absolute atomic E-state index is 0.142. The van der Waals surface area contributed by atoms with Crippen molar-refractivity contribution in [2.24, 2.45) is 11.7 Å². The highest BCUT2D eigenvalue weighted by atomic mass is 16.2. The van der Waals surface area contributed by atoms with Crippen LogP contribution in [-0.2, 0) is 0 Å². The molecule has 0 saturated carbocycles. The molecule has 0 aliphatic heterocycles. The van der Waals surface area contributed by atoms with E-state index in [1.165, 1.54) is 12.3 Å². The summed E-state index contributed by atoms with van der Waals surface area (Å²) in [5.41, 5.74) is 4.82. The lowest BCUT2D eigenvalue weighted by atomic mass is 10.0. The average Bonchev–Trinajstić information content (AvgIpc) is 2.45. The Morgan fingerprint density at radius 1 is 1.36 bits per heavy atom. The summed E-state index contributed by atoms with van der Waals surface area (Å²) in [6.45, 7) is 4.42. The number of H-pyrrole nitrogens is 2. The summed E-state index contributed by atoms with van der Waals surface area (Å²) in [5, 5.41) is 2.97. The molecule has 0 radical (unpaired) electrons. The van der Waals surface area contributed by atoms with E-state index in [1.807, 2.05) is 13.8 Å². The van der Waals surface area contributed by atoms with Crippen molar-refractivity contribution in [2.75, 3.05) is 6.54 Å². The summed E-state index contributed by atoms with van der Waals surface area (Å²) in [5.74, 6) is 0.0487. The molecule has 0 saturated heterocycles. The van der Waals surface area contributed by atoms with Gasteiger partial charge < -0.3 is 11.1 Å². The molecule has 0 aliphatic carbocycles. The number of hydrogen-bond acceptors (Lipinski definition) is 5. The lowest BCUT2D eigenvalue weighted by Crippen LogP contribution is -2.41. The van der Waals surface area contributed by atoms with Gasteiger partial charge in [-0.15, -0.1) is 0 Å². The molecule has 1 amide bonds. The van der Waals surface area contributed by atoms with E-state index in [2.05, 4.69) is 20.3 Å². The number of nitrogens with two attached hydrogens (primary N) is 1. The minimum atomic E-state index is -0.637. The molecule has 2 aromatic heterocycles. The van der Waals surface area contributed by atoms with Gasteiger partial charge in [0.05, 0.1) is 10.9 Å². The van der Waals surface area contributed by atoms with Crippen LogP contribution in [0.15, 0.2) is 21.9 Å². The molecule has 0 aromatic carbocycles. The van der Waals surface area contributed by atoms with E-state index in [9.17, 15) is 14.4 Å². The average molecular weight is 305 g/mol. The van der Waals surface area contributed by atoms with Crippen molar-refractivity contribution < 1.29 is 4.79 Å². The topological polar surface area (TPSA) is 134 Å². The molecular formula is C14H19N5O3. The first-order valence-electron chi connectivity index (χ1n) is 7.04. The Kier molecular flexibility index (Phi) is 4.71. The second kappa shape index (κ2) is 6.52. The van der Waals surface area contributed by atoms with Gasteiger partial charge in [-0.3, -0.25) is 19.6 Å². The SMILES string of the molecule is CC(C)CC(CN)NC(=O)c1cnc2[nH]c(=O)[nH]c(=O)c2c1. The van der Waals surface area contributed by atoms with Crippen molar-refractivity contribution in [1.29, 1.82) is 0 Å². The summed E-state index contributed by atoms with van der Waals surface area (Å²) in [6, 6.07) is 1.26. The van der Waals surface area contributed by atoms with E-state index in [1.54, 1.807) is 0 Å². The van der Waals surface area contributed by atoms with Gasteiger partial charge in [-0.1, -0.05) is 13.8 Å². The minimum Gasteiger partial charge on any atom is -0.348 e. The third-order valence-corrected chi connectivity index (χ3v) is 3.23. The molecule has 8 heteroatoms. The van der Waals surface area contributed by atoms with Gasteiger partial charge in [0.1, 0.15) is 5.65 Å². The van der Waals surface area contributed by atoms with E-state index in [0.717, 1.165) is 6.42 Å². The molecule has 1 unspecified atom stereocenters. The molecule has 22 heavy (non-hydrogen) atoms. The Morgan fingerprint density at radius 3 is 2.73 bits per heavy atom. The quantitative estimate of drug-likeness (QED) is 0.602. The number of pyridine rings is 1. The summed E-state index contributed by atoms with van der Waals surface area (Å²) < 4.78 is 0. The molecule has 2 aromatic rings. The number of rotatable bonds is 5. The Balaban J connectivity index is 2.29. The van der Waals surface area contributed by atoms with Crippen LogP contribution in [0.4, 0.5) is 0 Å². The highest BCUT2D eigenvalue weighted by Crippen LogP contribution is 2.08.